The van der Waals surface area contributed by atoms with Crippen LogP contribution in [0, 0.1) is 0 Å². The van der Waals surface area contributed by atoms with Gasteiger partial charge in [-0.2, -0.15) is 0 Å². The Hall–Kier alpha value is -2.34. The van der Waals surface area contributed by atoms with Gasteiger partial charge in [0.05, 0.1) is 24.7 Å². The van der Waals surface area contributed by atoms with Gasteiger partial charge in [-0.25, -0.2) is 4.79 Å². The van der Waals surface area contributed by atoms with Crippen LogP contribution in [0.15, 0.2) is 30.3 Å². The Balaban J connectivity index is 2.31. The molecule has 1 aromatic heterocycles. The third-order valence-electron chi connectivity index (χ3n) is 2.74. The Morgan fingerprint density at radius 2 is 1.80 bits per heavy atom. The standard InChI is InChI=1S/C14H13NO4S/c1-18-9-5-3-8(4-6-9)12(16)11-7-10(13(15)20-11)14(17)19-2/h3-7H,15H2,1-2H3. The Morgan fingerprint density at radius 1 is 1.15 bits per heavy atom. The molecule has 2 rings (SSSR count). The van der Waals surface area contributed by atoms with Gasteiger partial charge in [-0.3, -0.25) is 4.79 Å². The number of esters is 1. The molecule has 0 aliphatic heterocycles. The number of rotatable bonds is 4. The lowest BCUT2D eigenvalue weighted by Crippen LogP contribution is -2.02. The minimum absolute atomic E-state index is 0.195. The molecule has 0 bridgehead atoms. The Morgan fingerprint density at radius 3 is 2.35 bits per heavy atom. The molecule has 2 N–H and O–H groups in total. The monoisotopic (exact) mass is 291 g/mol. The molecule has 1 heterocycles. The SMILES string of the molecule is COC(=O)c1cc(C(=O)c2ccc(OC)cc2)sc1N. The largest absolute Gasteiger partial charge is 0.497 e. The number of ketones is 1. The van der Waals surface area contributed by atoms with E-state index < -0.39 is 5.97 Å². The molecule has 0 atom stereocenters. The quantitative estimate of drug-likeness (QED) is 0.691. The zero-order valence-electron chi connectivity index (χ0n) is 11.0. The van der Waals surface area contributed by atoms with Gasteiger partial charge in [0.1, 0.15) is 10.8 Å². The Kier molecular flexibility index (Phi) is 4.05. The van der Waals surface area contributed by atoms with Gasteiger partial charge in [0, 0.05) is 5.56 Å². The maximum Gasteiger partial charge on any atom is 0.340 e. The minimum atomic E-state index is -0.549. The van der Waals surface area contributed by atoms with Gasteiger partial charge in [-0.1, -0.05) is 0 Å². The first-order valence-electron chi connectivity index (χ1n) is 5.73. The average molecular weight is 291 g/mol. The highest BCUT2D eigenvalue weighted by atomic mass is 32.1. The van der Waals surface area contributed by atoms with Crippen LogP contribution in [-0.2, 0) is 4.74 Å². The van der Waals surface area contributed by atoms with Gasteiger partial charge in [0.15, 0.2) is 0 Å². The zero-order chi connectivity index (χ0) is 14.7. The number of methoxy groups -OCH3 is 2. The summed E-state index contributed by atoms with van der Waals surface area (Å²) in [5.41, 5.74) is 6.45. The maximum absolute atomic E-state index is 12.3. The molecule has 1 aromatic carbocycles. The predicted octanol–water partition coefficient (Wildman–Crippen LogP) is 2.36. The summed E-state index contributed by atoms with van der Waals surface area (Å²) in [5, 5.41) is 0.272. The van der Waals surface area contributed by atoms with Crippen molar-refractivity contribution in [1.82, 2.24) is 0 Å². The van der Waals surface area contributed by atoms with Crippen LogP contribution < -0.4 is 10.5 Å². The number of anilines is 1. The van der Waals surface area contributed by atoms with Crippen LogP contribution in [0.3, 0.4) is 0 Å². The van der Waals surface area contributed by atoms with Crippen LogP contribution in [0.4, 0.5) is 5.00 Å². The number of thiophene rings is 1. The molecular weight excluding hydrogens is 278 g/mol. The molecule has 6 heteroatoms. The molecule has 104 valence electrons. The molecular formula is C14H13NO4S. The fraction of sp³-hybridized carbons (Fsp3) is 0.143. The lowest BCUT2D eigenvalue weighted by molar-refractivity contribution is 0.0602. The molecule has 20 heavy (non-hydrogen) atoms. The van der Waals surface area contributed by atoms with Crippen molar-refractivity contribution >= 4 is 28.1 Å². The number of nitrogen functional groups attached to an aromatic ring is 1. The molecule has 0 saturated heterocycles. The second kappa shape index (κ2) is 5.75. The fourth-order valence-electron chi connectivity index (χ4n) is 1.67. The molecule has 0 aliphatic carbocycles. The van der Waals surface area contributed by atoms with Gasteiger partial charge >= 0.3 is 5.97 Å². The minimum Gasteiger partial charge on any atom is -0.497 e. The van der Waals surface area contributed by atoms with Crippen molar-refractivity contribution in [1.29, 1.82) is 0 Å². The molecule has 0 radical (unpaired) electrons. The van der Waals surface area contributed by atoms with E-state index in [4.69, 9.17) is 10.5 Å². The van der Waals surface area contributed by atoms with Crippen molar-refractivity contribution in [3.8, 4) is 5.75 Å². The van der Waals surface area contributed by atoms with Crippen LogP contribution in [0.2, 0.25) is 0 Å². The number of benzene rings is 1. The first-order valence-corrected chi connectivity index (χ1v) is 6.55. The smallest absolute Gasteiger partial charge is 0.340 e. The fourth-order valence-corrected chi connectivity index (χ4v) is 2.55. The summed E-state index contributed by atoms with van der Waals surface area (Å²) in [6, 6.07) is 8.18. The van der Waals surface area contributed by atoms with Crippen molar-refractivity contribution in [2.75, 3.05) is 20.0 Å². The lowest BCUT2D eigenvalue weighted by atomic mass is 10.1. The predicted molar refractivity (Wildman–Crippen MR) is 76.5 cm³/mol. The zero-order valence-corrected chi connectivity index (χ0v) is 11.8. The van der Waals surface area contributed by atoms with Gasteiger partial charge in [0.2, 0.25) is 5.78 Å². The molecule has 2 aromatic rings. The van der Waals surface area contributed by atoms with E-state index >= 15 is 0 Å². The number of hydrogen-bond donors (Lipinski definition) is 1. The number of ether oxygens (including phenoxy) is 2. The molecule has 0 amide bonds. The van der Waals surface area contributed by atoms with Crippen molar-refractivity contribution in [2.24, 2.45) is 0 Å². The van der Waals surface area contributed by atoms with E-state index in [9.17, 15) is 9.59 Å². The number of carbonyl (C=O) groups is 2. The van der Waals surface area contributed by atoms with Gasteiger partial charge in [-0.15, -0.1) is 11.3 Å². The summed E-state index contributed by atoms with van der Waals surface area (Å²) in [6.07, 6.45) is 0. The normalized spacial score (nSPS) is 10.1. The second-order valence-corrected chi connectivity index (χ2v) is 5.02. The van der Waals surface area contributed by atoms with Crippen LogP contribution in [-0.4, -0.2) is 26.0 Å². The van der Waals surface area contributed by atoms with E-state index in [0.29, 0.717) is 16.2 Å². The summed E-state index contributed by atoms with van der Waals surface area (Å²) in [5.74, 6) is -0.0745. The highest BCUT2D eigenvalue weighted by Gasteiger charge is 2.19. The van der Waals surface area contributed by atoms with Crippen LogP contribution >= 0.6 is 11.3 Å². The molecule has 0 spiro atoms. The summed E-state index contributed by atoms with van der Waals surface area (Å²) in [7, 11) is 2.82. The van der Waals surface area contributed by atoms with Crippen molar-refractivity contribution in [2.45, 2.75) is 0 Å². The Labute approximate surface area is 119 Å². The highest BCUT2D eigenvalue weighted by molar-refractivity contribution is 7.18. The molecule has 0 unspecified atom stereocenters. The number of nitrogens with two attached hydrogens (primary N) is 1. The second-order valence-electron chi connectivity index (χ2n) is 3.94. The summed E-state index contributed by atoms with van der Waals surface area (Å²) in [4.78, 5) is 24.1. The van der Waals surface area contributed by atoms with Crippen LogP contribution in [0.5, 0.6) is 5.75 Å². The maximum atomic E-state index is 12.3. The number of carbonyl (C=O) groups excluding carboxylic acids is 2. The third-order valence-corrected chi connectivity index (χ3v) is 3.71. The van der Waals surface area contributed by atoms with E-state index in [2.05, 4.69) is 4.74 Å². The lowest BCUT2D eigenvalue weighted by Gasteiger charge is -2.01. The van der Waals surface area contributed by atoms with Crippen molar-refractivity contribution in [3.05, 3.63) is 46.3 Å². The third kappa shape index (κ3) is 2.65. The van der Waals surface area contributed by atoms with E-state index in [0.717, 1.165) is 11.3 Å². The van der Waals surface area contributed by atoms with E-state index in [1.807, 2.05) is 0 Å². The summed E-state index contributed by atoms with van der Waals surface area (Å²) >= 11 is 1.07. The van der Waals surface area contributed by atoms with E-state index in [-0.39, 0.29) is 16.3 Å². The molecule has 0 saturated carbocycles. The topological polar surface area (TPSA) is 78.6 Å². The first-order chi connectivity index (χ1) is 9.56. The van der Waals surface area contributed by atoms with E-state index in [1.165, 1.54) is 13.2 Å². The van der Waals surface area contributed by atoms with Crippen LogP contribution in [0.1, 0.15) is 25.6 Å². The molecule has 0 fully saturated rings. The van der Waals surface area contributed by atoms with Gasteiger partial charge in [0.25, 0.3) is 0 Å². The van der Waals surface area contributed by atoms with Crippen molar-refractivity contribution in [3.63, 3.8) is 0 Å². The average Bonchev–Trinajstić information content (AvgIpc) is 2.87. The van der Waals surface area contributed by atoms with E-state index in [1.54, 1.807) is 31.4 Å². The highest BCUT2D eigenvalue weighted by Crippen LogP contribution is 2.28. The summed E-state index contributed by atoms with van der Waals surface area (Å²) in [6.45, 7) is 0. The van der Waals surface area contributed by atoms with Crippen molar-refractivity contribution < 1.29 is 19.1 Å². The van der Waals surface area contributed by atoms with Crippen LogP contribution in [0.25, 0.3) is 0 Å². The molecule has 0 aliphatic rings. The first kappa shape index (κ1) is 14.1. The van der Waals surface area contributed by atoms with Gasteiger partial charge < -0.3 is 15.2 Å². The summed E-state index contributed by atoms with van der Waals surface area (Å²) < 4.78 is 9.64. The Bertz CT molecular complexity index is 646. The van der Waals surface area contributed by atoms with Gasteiger partial charge in [-0.05, 0) is 30.3 Å². The molecule has 5 nitrogen and oxygen atoms in total. The number of hydrogen-bond acceptors (Lipinski definition) is 6.